The number of nitro groups is 1. The van der Waals surface area contributed by atoms with Gasteiger partial charge in [-0.1, -0.05) is 0 Å². The molecule has 25 heavy (non-hydrogen) atoms. The number of aromatic nitrogens is 2. The highest BCUT2D eigenvalue weighted by molar-refractivity contribution is 5.77. The van der Waals surface area contributed by atoms with Gasteiger partial charge in [0.05, 0.1) is 10.6 Å². The lowest BCUT2D eigenvalue weighted by atomic mass is 10.1. The molecular formula is C18H21N5O2. The van der Waals surface area contributed by atoms with Gasteiger partial charge in [0.2, 0.25) is 0 Å². The highest BCUT2D eigenvalue weighted by Gasteiger charge is 2.22. The van der Waals surface area contributed by atoms with Crippen molar-refractivity contribution >= 4 is 17.2 Å². The maximum Gasteiger partial charge on any atom is 0.271 e. The summed E-state index contributed by atoms with van der Waals surface area (Å²) in [4.78, 5) is 24.5. The number of hydrogen-bond donors (Lipinski definition) is 0. The lowest BCUT2D eigenvalue weighted by molar-refractivity contribution is -0.384. The van der Waals surface area contributed by atoms with E-state index in [-0.39, 0.29) is 10.6 Å². The average Bonchev–Trinajstić information content (AvgIpc) is 3.35. The third-order valence-corrected chi connectivity index (χ3v) is 4.95. The third-order valence-electron chi connectivity index (χ3n) is 4.95. The van der Waals surface area contributed by atoms with Crippen LogP contribution in [0.25, 0.3) is 11.4 Å². The topological polar surface area (TPSA) is 75.4 Å². The Labute approximate surface area is 146 Å². The number of anilines is 2. The Morgan fingerprint density at radius 2 is 1.64 bits per heavy atom. The van der Waals surface area contributed by atoms with E-state index in [9.17, 15) is 10.1 Å². The fraction of sp³-hybridized carbons (Fsp3) is 0.444. The van der Waals surface area contributed by atoms with Crippen LogP contribution in [0.4, 0.5) is 17.2 Å². The summed E-state index contributed by atoms with van der Waals surface area (Å²) in [5.41, 5.74) is 1.85. The zero-order chi connectivity index (χ0) is 17.2. The first-order valence-corrected chi connectivity index (χ1v) is 8.84. The lowest BCUT2D eigenvalue weighted by Crippen LogP contribution is -2.20. The Morgan fingerprint density at radius 1 is 0.960 bits per heavy atom. The Morgan fingerprint density at radius 3 is 2.32 bits per heavy atom. The molecule has 7 nitrogen and oxygen atoms in total. The molecule has 7 heteroatoms. The van der Waals surface area contributed by atoms with Crippen LogP contribution in [0.5, 0.6) is 0 Å². The summed E-state index contributed by atoms with van der Waals surface area (Å²) >= 11 is 0. The van der Waals surface area contributed by atoms with Gasteiger partial charge in [0.15, 0.2) is 5.82 Å². The quantitative estimate of drug-likeness (QED) is 0.629. The second kappa shape index (κ2) is 6.66. The minimum atomic E-state index is -0.342. The van der Waals surface area contributed by atoms with Gasteiger partial charge in [-0.05, 0) is 37.8 Å². The molecule has 1 aromatic heterocycles. The fourth-order valence-corrected chi connectivity index (χ4v) is 3.64. The van der Waals surface area contributed by atoms with E-state index in [2.05, 4.69) is 14.8 Å². The molecule has 0 aliphatic carbocycles. The van der Waals surface area contributed by atoms with Crippen molar-refractivity contribution in [1.29, 1.82) is 0 Å². The Hall–Kier alpha value is -2.70. The maximum absolute atomic E-state index is 11.2. The van der Waals surface area contributed by atoms with Crippen LogP contribution in [0.2, 0.25) is 0 Å². The second-order valence-electron chi connectivity index (χ2n) is 6.59. The molecule has 3 heterocycles. The van der Waals surface area contributed by atoms with Crippen molar-refractivity contribution in [2.24, 2.45) is 0 Å². The number of hydrogen-bond acceptors (Lipinski definition) is 6. The van der Waals surface area contributed by atoms with Crippen LogP contribution in [-0.2, 0) is 0 Å². The van der Waals surface area contributed by atoms with Crippen molar-refractivity contribution in [2.75, 3.05) is 36.0 Å². The molecule has 0 spiro atoms. The van der Waals surface area contributed by atoms with Crippen LogP contribution in [0, 0.1) is 10.1 Å². The highest BCUT2D eigenvalue weighted by Crippen LogP contribution is 2.35. The number of nitro benzene ring substituents is 1. The molecule has 1 aromatic carbocycles. The summed E-state index contributed by atoms with van der Waals surface area (Å²) in [6.45, 7) is 3.88. The molecule has 2 fully saturated rings. The van der Waals surface area contributed by atoms with Crippen molar-refractivity contribution in [3.63, 3.8) is 0 Å². The fourth-order valence-electron chi connectivity index (χ4n) is 3.64. The molecule has 0 bridgehead atoms. The monoisotopic (exact) mass is 339 g/mol. The van der Waals surface area contributed by atoms with Crippen LogP contribution in [0.3, 0.4) is 0 Å². The Balaban J connectivity index is 1.76. The molecular weight excluding hydrogens is 318 g/mol. The summed E-state index contributed by atoms with van der Waals surface area (Å²) in [7, 11) is 0. The van der Waals surface area contributed by atoms with E-state index in [1.165, 1.54) is 12.8 Å². The van der Waals surface area contributed by atoms with Gasteiger partial charge in [0.1, 0.15) is 5.82 Å². The van der Waals surface area contributed by atoms with Gasteiger partial charge in [-0.2, -0.15) is 0 Å². The van der Waals surface area contributed by atoms with Gasteiger partial charge in [-0.25, -0.2) is 9.97 Å². The Kier molecular flexibility index (Phi) is 4.21. The molecule has 0 atom stereocenters. The zero-order valence-corrected chi connectivity index (χ0v) is 14.1. The minimum absolute atomic E-state index is 0.112. The van der Waals surface area contributed by atoms with Crippen LogP contribution >= 0.6 is 0 Å². The van der Waals surface area contributed by atoms with Crippen molar-refractivity contribution in [2.45, 2.75) is 25.7 Å². The van der Waals surface area contributed by atoms with E-state index in [1.807, 2.05) is 6.07 Å². The lowest BCUT2D eigenvalue weighted by Gasteiger charge is -2.21. The molecule has 2 saturated heterocycles. The Bertz CT molecular complexity index is 783. The summed E-state index contributed by atoms with van der Waals surface area (Å²) in [6, 6.07) is 6.93. The third kappa shape index (κ3) is 3.14. The van der Waals surface area contributed by atoms with Gasteiger partial charge in [-0.3, -0.25) is 10.1 Å². The van der Waals surface area contributed by atoms with E-state index in [4.69, 9.17) is 4.98 Å². The minimum Gasteiger partial charge on any atom is -0.371 e. The molecule has 4 rings (SSSR count). The van der Waals surface area contributed by atoms with Gasteiger partial charge >= 0.3 is 0 Å². The summed E-state index contributed by atoms with van der Waals surface area (Å²) in [6.07, 6.45) is 6.38. The standard InChI is InChI=1S/C18H21N5O2/c24-23(25)14-5-6-15(16(13-14)21-9-1-2-10-21)18-19-8-7-17(20-18)22-11-3-4-12-22/h5-8,13H,1-4,9-12H2. The van der Waals surface area contributed by atoms with Crippen LogP contribution in [-0.4, -0.2) is 41.1 Å². The molecule has 0 radical (unpaired) electrons. The SMILES string of the molecule is O=[N+]([O-])c1ccc(-c2nccc(N3CCCC3)n2)c(N2CCCC2)c1. The maximum atomic E-state index is 11.2. The van der Waals surface area contributed by atoms with E-state index in [0.29, 0.717) is 5.82 Å². The summed E-state index contributed by atoms with van der Waals surface area (Å²) in [5, 5.41) is 11.2. The van der Waals surface area contributed by atoms with E-state index < -0.39 is 0 Å². The number of rotatable bonds is 4. The second-order valence-corrected chi connectivity index (χ2v) is 6.59. The predicted molar refractivity (Wildman–Crippen MR) is 97.0 cm³/mol. The molecule has 2 aliphatic heterocycles. The molecule has 2 aromatic rings. The predicted octanol–water partition coefficient (Wildman–Crippen LogP) is 3.25. The van der Waals surface area contributed by atoms with E-state index in [0.717, 1.165) is 56.1 Å². The van der Waals surface area contributed by atoms with Gasteiger partial charge in [-0.15, -0.1) is 0 Å². The molecule has 2 aliphatic rings. The first kappa shape index (κ1) is 15.8. The first-order valence-electron chi connectivity index (χ1n) is 8.84. The largest absolute Gasteiger partial charge is 0.371 e. The van der Waals surface area contributed by atoms with Crippen LogP contribution in [0.1, 0.15) is 25.7 Å². The van der Waals surface area contributed by atoms with Crippen molar-refractivity contribution in [3.05, 3.63) is 40.6 Å². The molecule has 0 unspecified atom stereocenters. The van der Waals surface area contributed by atoms with Gasteiger partial charge in [0.25, 0.3) is 5.69 Å². The number of non-ortho nitro benzene ring substituents is 1. The van der Waals surface area contributed by atoms with Gasteiger partial charge in [0, 0.05) is 50.1 Å². The first-order chi connectivity index (χ1) is 12.2. The highest BCUT2D eigenvalue weighted by atomic mass is 16.6. The van der Waals surface area contributed by atoms with E-state index >= 15 is 0 Å². The van der Waals surface area contributed by atoms with Crippen LogP contribution in [0.15, 0.2) is 30.5 Å². The zero-order valence-electron chi connectivity index (χ0n) is 14.1. The number of benzene rings is 1. The molecule has 0 N–H and O–H groups in total. The van der Waals surface area contributed by atoms with Crippen LogP contribution < -0.4 is 9.80 Å². The molecule has 0 saturated carbocycles. The number of nitrogens with zero attached hydrogens (tertiary/aromatic N) is 5. The molecule has 130 valence electrons. The van der Waals surface area contributed by atoms with Crippen molar-refractivity contribution in [3.8, 4) is 11.4 Å². The van der Waals surface area contributed by atoms with Crippen molar-refractivity contribution in [1.82, 2.24) is 9.97 Å². The average molecular weight is 339 g/mol. The summed E-state index contributed by atoms with van der Waals surface area (Å²) < 4.78 is 0. The smallest absolute Gasteiger partial charge is 0.271 e. The molecule has 0 amide bonds. The van der Waals surface area contributed by atoms with E-state index in [1.54, 1.807) is 24.4 Å². The summed E-state index contributed by atoms with van der Waals surface area (Å²) in [5.74, 6) is 1.58. The van der Waals surface area contributed by atoms with Crippen molar-refractivity contribution < 1.29 is 4.92 Å². The van der Waals surface area contributed by atoms with Gasteiger partial charge < -0.3 is 9.80 Å². The normalized spacial score (nSPS) is 17.3.